The zero-order valence-electron chi connectivity index (χ0n) is 9.89. The maximum absolute atomic E-state index is 5.96. The average Bonchev–Trinajstić information content (AvgIpc) is 2.79. The van der Waals surface area contributed by atoms with Crippen LogP contribution < -0.4 is 0 Å². The molecule has 1 aromatic heterocycles. The Morgan fingerprint density at radius 3 is 3.22 bits per heavy atom. The summed E-state index contributed by atoms with van der Waals surface area (Å²) >= 11 is 9.49. The van der Waals surface area contributed by atoms with Crippen LogP contribution in [0.1, 0.15) is 19.3 Å². The monoisotopic (exact) mass is 299 g/mol. The normalized spacial score (nSPS) is 20.4. The van der Waals surface area contributed by atoms with Gasteiger partial charge in [0, 0.05) is 17.4 Å². The van der Waals surface area contributed by atoms with Crippen LogP contribution in [0.25, 0.3) is 10.2 Å². The number of nitrogens with zero attached hydrogens (tertiary/aromatic N) is 1. The van der Waals surface area contributed by atoms with Gasteiger partial charge in [-0.2, -0.15) is 0 Å². The van der Waals surface area contributed by atoms with Crippen molar-refractivity contribution in [2.75, 3.05) is 12.4 Å². The molecule has 5 heteroatoms. The Morgan fingerprint density at radius 1 is 1.44 bits per heavy atom. The van der Waals surface area contributed by atoms with Gasteiger partial charge in [0.05, 0.1) is 16.3 Å². The fourth-order valence-corrected chi connectivity index (χ4v) is 4.35. The van der Waals surface area contributed by atoms with Gasteiger partial charge in [0.2, 0.25) is 0 Å². The molecular weight excluding hydrogens is 286 g/mol. The molecule has 0 radical (unpaired) electrons. The van der Waals surface area contributed by atoms with E-state index in [0.29, 0.717) is 6.10 Å². The number of ether oxygens (including phenoxy) is 1. The molecule has 0 saturated carbocycles. The second-order valence-electron chi connectivity index (χ2n) is 4.39. The summed E-state index contributed by atoms with van der Waals surface area (Å²) < 4.78 is 8.04. The molecule has 1 aromatic carbocycles. The third-order valence-electron chi connectivity index (χ3n) is 3.00. The van der Waals surface area contributed by atoms with Crippen LogP contribution in [0.3, 0.4) is 0 Å². The second kappa shape index (κ2) is 5.78. The minimum absolute atomic E-state index is 0.402. The number of rotatable bonds is 3. The third-order valence-corrected chi connectivity index (χ3v) is 5.54. The van der Waals surface area contributed by atoms with E-state index in [2.05, 4.69) is 4.98 Å². The van der Waals surface area contributed by atoms with Crippen molar-refractivity contribution < 1.29 is 4.74 Å². The van der Waals surface area contributed by atoms with Crippen molar-refractivity contribution in [1.82, 2.24) is 4.98 Å². The first-order valence-electron chi connectivity index (χ1n) is 6.12. The first-order valence-corrected chi connectivity index (χ1v) is 8.30. The average molecular weight is 300 g/mol. The molecule has 2 nitrogen and oxygen atoms in total. The molecule has 0 N–H and O–H groups in total. The standard InChI is InChI=1S/C13H14ClNOS2/c14-9-4-5-12-11(7-9)15-13(18-12)17-8-10-3-1-2-6-16-10/h4-5,7,10H,1-3,6,8H2. The lowest BCUT2D eigenvalue weighted by molar-refractivity contribution is 0.0315. The van der Waals surface area contributed by atoms with E-state index in [-0.39, 0.29) is 0 Å². The van der Waals surface area contributed by atoms with Gasteiger partial charge in [-0.15, -0.1) is 11.3 Å². The Balaban J connectivity index is 1.67. The van der Waals surface area contributed by atoms with Crippen molar-refractivity contribution in [1.29, 1.82) is 0 Å². The van der Waals surface area contributed by atoms with Gasteiger partial charge in [-0.3, -0.25) is 0 Å². The minimum Gasteiger partial charge on any atom is -0.377 e. The summed E-state index contributed by atoms with van der Waals surface area (Å²) in [5.41, 5.74) is 1.000. The summed E-state index contributed by atoms with van der Waals surface area (Å²) in [5.74, 6) is 1.01. The molecule has 1 fully saturated rings. The largest absolute Gasteiger partial charge is 0.377 e. The lowest BCUT2D eigenvalue weighted by atomic mass is 10.1. The van der Waals surface area contributed by atoms with Crippen LogP contribution in [0.15, 0.2) is 22.5 Å². The van der Waals surface area contributed by atoms with Gasteiger partial charge in [0.25, 0.3) is 0 Å². The molecule has 0 aliphatic carbocycles. The fraction of sp³-hybridized carbons (Fsp3) is 0.462. The number of halogens is 1. The quantitative estimate of drug-likeness (QED) is 0.773. The molecule has 0 bridgehead atoms. The Morgan fingerprint density at radius 2 is 2.39 bits per heavy atom. The van der Waals surface area contributed by atoms with Gasteiger partial charge in [-0.25, -0.2) is 4.98 Å². The van der Waals surface area contributed by atoms with Crippen LogP contribution in [0.5, 0.6) is 0 Å². The zero-order chi connectivity index (χ0) is 12.4. The summed E-state index contributed by atoms with van der Waals surface area (Å²) in [7, 11) is 0. The Hall–Kier alpha value is -0.290. The predicted octanol–water partition coefficient (Wildman–Crippen LogP) is 4.61. The van der Waals surface area contributed by atoms with Crippen LogP contribution in [0.4, 0.5) is 0 Å². The van der Waals surface area contributed by atoms with E-state index in [1.165, 1.54) is 24.0 Å². The second-order valence-corrected chi connectivity index (χ2v) is 7.13. The molecule has 18 heavy (non-hydrogen) atoms. The highest BCUT2D eigenvalue weighted by Gasteiger charge is 2.15. The number of thiazole rings is 1. The zero-order valence-corrected chi connectivity index (χ0v) is 12.3. The molecule has 1 aliphatic heterocycles. The molecule has 1 aliphatic rings. The van der Waals surface area contributed by atoms with E-state index >= 15 is 0 Å². The maximum atomic E-state index is 5.96. The van der Waals surface area contributed by atoms with E-state index in [4.69, 9.17) is 16.3 Å². The summed E-state index contributed by atoms with van der Waals surface area (Å²) in [6, 6.07) is 5.88. The fourth-order valence-electron chi connectivity index (χ4n) is 2.04. The van der Waals surface area contributed by atoms with Crippen molar-refractivity contribution in [3.63, 3.8) is 0 Å². The van der Waals surface area contributed by atoms with Crippen molar-refractivity contribution in [2.45, 2.75) is 29.7 Å². The first-order chi connectivity index (χ1) is 8.81. The van der Waals surface area contributed by atoms with Crippen LogP contribution >= 0.6 is 34.7 Å². The molecule has 1 atom stereocenters. The minimum atomic E-state index is 0.402. The number of hydrogen-bond donors (Lipinski definition) is 0. The van der Waals surface area contributed by atoms with E-state index in [1.807, 2.05) is 18.2 Å². The van der Waals surface area contributed by atoms with Gasteiger partial charge in [-0.1, -0.05) is 23.4 Å². The SMILES string of the molecule is Clc1ccc2sc(SCC3CCCCO3)nc2c1. The van der Waals surface area contributed by atoms with Gasteiger partial charge in [0.1, 0.15) is 0 Å². The van der Waals surface area contributed by atoms with E-state index in [0.717, 1.165) is 27.2 Å². The highest BCUT2D eigenvalue weighted by molar-refractivity contribution is 8.01. The molecule has 1 unspecified atom stereocenters. The number of aromatic nitrogens is 1. The van der Waals surface area contributed by atoms with Crippen LogP contribution in [-0.4, -0.2) is 23.4 Å². The number of hydrogen-bond acceptors (Lipinski definition) is 4. The molecule has 2 aromatic rings. The maximum Gasteiger partial charge on any atom is 0.151 e. The number of benzene rings is 1. The van der Waals surface area contributed by atoms with Crippen molar-refractivity contribution in [2.24, 2.45) is 0 Å². The van der Waals surface area contributed by atoms with E-state index in [9.17, 15) is 0 Å². The van der Waals surface area contributed by atoms with Crippen LogP contribution in [-0.2, 0) is 4.74 Å². The summed E-state index contributed by atoms with van der Waals surface area (Å²) in [5, 5.41) is 0.750. The Labute approximate surface area is 120 Å². The summed E-state index contributed by atoms with van der Waals surface area (Å²) in [4.78, 5) is 4.60. The van der Waals surface area contributed by atoms with Gasteiger partial charge in [0.15, 0.2) is 4.34 Å². The molecule has 3 rings (SSSR count). The van der Waals surface area contributed by atoms with Gasteiger partial charge < -0.3 is 4.74 Å². The molecule has 0 amide bonds. The summed E-state index contributed by atoms with van der Waals surface area (Å²) in [6.45, 7) is 0.917. The Kier molecular flexibility index (Phi) is 4.09. The third kappa shape index (κ3) is 2.99. The molecule has 0 spiro atoms. The van der Waals surface area contributed by atoms with Gasteiger partial charge >= 0.3 is 0 Å². The van der Waals surface area contributed by atoms with Crippen molar-refractivity contribution in [3.05, 3.63) is 23.2 Å². The Bertz CT molecular complexity index is 537. The number of thioether (sulfide) groups is 1. The van der Waals surface area contributed by atoms with Crippen molar-refractivity contribution >= 4 is 44.9 Å². The van der Waals surface area contributed by atoms with E-state index in [1.54, 1.807) is 23.1 Å². The van der Waals surface area contributed by atoms with Crippen LogP contribution in [0, 0.1) is 0 Å². The van der Waals surface area contributed by atoms with Crippen molar-refractivity contribution in [3.8, 4) is 0 Å². The predicted molar refractivity (Wildman–Crippen MR) is 78.9 cm³/mol. The van der Waals surface area contributed by atoms with Crippen LogP contribution in [0.2, 0.25) is 5.02 Å². The molecule has 2 heterocycles. The molecular formula is C13H14ClNOS2. The van der Waals surface area contributed by atoms with E-state index < -0.39 is 0 Å². The topological polar surface area (TPSA) is 22.1 Å². The molecule has 96 valence electrons. The summed E-state index contributed by atoms with van der Waals surface area (Å²) in [6.07, 6.45) is 4.09. The highest BCUT2D eigenvalue weighted by Crippen LogP contribution is 2.32. The smallest absolute Gasteiger partial charge is 0.151 e. The lowest BCUT2D eigenvalue weighted by Crippen LogP contribution is -2.21. The molecule has 1 saturated heterocycles. The lowest BCUT2D eigenvalue weighted by Gasteiger charge is -2.21. The highest BCUT2D eigenvalue weighted by atomic mass is 35.5. The number of fused-ring (bicyclic) bond motifs is 1. The first kappa shape index (κ1) is 12.7. The van der Waals surface area contributed by atoms with Gasteiger partial charge in [-0.05, 0) is 37.5 Å².